The Kier molecular flexibility index (Phi) is 5.44. The van der Waals surface area contributed by atoms with E-state index in [9.17, 15) is 5.11 Å². The normalized spacial score (nSPS) is 24.8. The van der Waals surface area contributed by atoms with Crippen LogP contribution < -0.4 is 5.73 Å². The fourth-order valence-electron chi connectivity index (χ4n) is 3.11. The van der Waals surface area contributed by atoms with E-state index in [1.165, 1.54) is 31.2 Å². The molecule has 1 atom stereocenters. The number of aryl methyl sites for hydroxylation is 1. The number of phenolic OH excluding ortho intramolecular Hbond substituents is 1. The summed E-state index contributed by atoms with van der Waals surface area (Å²) in [6, 6.07) is 9.28. The molecule has 0 aliphatic heterocycles. The number of rotatable bonds is 5. The zero-order chi connectivity index (χ0) is 14.5. The van der Waals surface area contributed by atoms with Crippen LogP contribution in [-0.2, 0) is 6.42 Å². The fraction of sp³-hybridized carbons (Fsp3) is 0.647. The molecule has 3 N–H and O–H groups in total. The van der Waals surface area contributed by atoms with Crippen molar-refractivity contribution in [3.05, 3.63) is 29.8 Å². The van der Waals surface area contributed by atoms with Gasteiger partial charge < -0.3 is 15.7 Å². The van der Waals surface area contributed by atoms with E-state index in [0.717, 1.165) is 12.8 Å². The van der Waals surface area contributed by atoms with Crippen LogP contribution in [0.1, 0.15) is 44.6 Å². The summed E-state index contributed by atoms with van der Waals surface area (Å²) in [6.45, 7) is 2.31. The highest BCUT2D eigenvalue weighted by Gasteiger charge is 2.24. The lowest BCUT2D eigenvalue weighted by molar-refractivity contribution is 0.135. The molecule has 1 fully saturated rings. The van der Waals surface area contributed by atoms with Crippen molar-refractivity contribution >= 4 is 0 Å². The summed E-state index contributed by atoms with van der Waals surface area (Å²) in [7, 11) is 2.25. The third-order valence-corrected chi connectivity index (χ3v) is 4.80. The third kappa shape index (κ3) is 4.22. The first-order valence-corrected chi connectivity index (χ1v) is 7.81. The van der Waals surface area contributed by atoms with Gasteiger partial charge in [0.15, 0.2) is 0 Å². The van der Waals surface area contributed by atoms with Gasteiger partial charge in [-0.3, -0.25) is 0 Å². The maximum absolute atomic E-state index is 9.30. The largest absolute Gasteiger partial charge is 0.508 e. The predicted molar refractivity (Wildman–Crippen MR) is 83.9 cm³/mol. The van der Waals surface area contributed by atoms with Gasteiger partial charge in [-0.2, -0.15) is 0 Å². The Hall–Kier alpha value is -1.06. The summed E-state index contributed by atoms with van der Waals surface area (Å²) >= 11 is 0. The molecule has 3 heteroatoms. The van der Waals surface area contributed by atoms with Gasteiger partial charge in [-0.1, -0.05) is 12.1 Å². The second-order valence-corrected chi connectivity index (χ2v) is 6.29. The average Bonchev–Trinajstić information content (AvgIpc) is 2.46. The van der Waals surface area contributed by atoms with Crippen molar-refractivity contribution in [2.45, 2.75) is 63.6 Å². The minimum atomic E-state index is 0.345. The molecule has 0 heterocycles. The summed E-state index contributed by atoms with van der Waals surface area (Å²) in [6.07, 6.45) is 7.03. The quantitative estimate of drug-likeness (QED) is 0.869. The van der Waals surface area contributed by atoms with E-state index in [1.54, 1.807) is 12.1 Å². The van der Waals surface area contributed by atoms with E-state index in [2.05, 4.69) is 18.9 Å². The molecule has 2 rings (SSSR count). The second kappa shape index (κ2) is 7.09. The molecule has 1 unspecified atom stereocenters. The Bertz CT molecular complexity index is 396. The molecule has 1 aromatic carbocycles. The van der Waals surface area contributed by atoms with E-state index in [-0.39, 0.29) is 0 Å². The number of hydrogen-bond donors (Lipinski definition) is 2. The lowest BCUT2D eigenvalue weighted by atomic mass is 9.90. The molecule has 0 aromatic heterocycles. The minimum absolute atomic E-state index is 0.345. The van der Waals surface area contributed by atoms with E-state index in [4.69, 9.17) is 5.73 Å². The molecule has 1 aliphatic carbocycles. The van der Waals surface area contributed by atoms with Crippen molar-refractivity contribution in [3.63, 3.8) is 0 Å². The molecule has 1 saturated carbocycles. The van der Waals surface area contributed by atoms with Crippen LogP contribution in [0.15, 0.2) is 24.3 Å². The highest BCUT2D eigenvalue weighted by atomic mass is 16.3. The molecular weight excluding hydrogens is 248 g/mol. The first-order chi connectivity index (χ1) is 9.56. The third-order valence-electron chi connectivity index (χ3n) is 4.80. The molecule has 0 bridgehead atoms. The van der Waals surface area contributed by atoms with Gasteiger partial charge in [0.25, 0.3) is 0 Å². The van der Waals surface area contributed by atoms with Crippen molar-refractivity contribution in [1.82, 2.24) is 4.90 Å². The van der Waals surface area contributed by atoms with Crippen LogP contribution in [0.5, 0.6) is 5.75 Å². The topological polar surface area (TPSA) is 49.5 Å². The van der Waals surface area contributed by atoms with Crippen molar-refractivity contribution < 1.29 is 5.11 Å². The van der Waals surface area contributed by atoms with E-state index in [1.807, 2.05) is 12.1 Å². The van der Waals surface area contributed by atoms with Crippen LogP contribution in [0, 0.1) is 0 Å². The summed E-state index contributed by atoms with van der Waals surface area (Å²) < 4.78 is 0. The molecular formula is C17H28N2O. The van der Waals surface area contributed by atoms with Gasteiger partial charge in [-0.05, 0) is 70.2 Å². The zero-order valence-electron chi connectivity index (χ0n) is 12.8. The zero-order valence-corrected chi connectivity index (χ0v) is 12.8. The number of aromatic hydroxyl groups is 1. The van der Waals surface area contributed by atoms with Gasteiger partial charge in [0.2, 0.25) is 0 Å². The van der Waals surface area contributed by atoms with Gasteiger partial charge in [0.05, 0.1) is 0 Å². The monoisotopic (exact) mass is 276 g/mol. The number of nitrogens with two attached hydrogens (primary N) is 1. The van der Waals surface area contributed by atoms with Crippen molar-refractivity contribution in [1.29, 1.82) is 0 Å². The Balaban J connectivity index is 1.78. The Morgan fingerprint density at radius 3 is 2.40 bits per heavy atom. The van der Waals surface area contributed by atoms with Crippen molar-refractivity contribution in [2.24, 2.45) is 5.73 Å². The van der Waals surface area contributed by atoms with Gasteiger partial charge in [0.1, 0.15) is 5.75 Å². The van der Waals surface area contributed by atoms with E-state index in [0.29, 0.717) is 23.9 Å². The summed E-state index contributed by atoms with van der Waals surface area (Å²) in [5, 5.41) is 9.30. The first-order valence-electron chi connectivity index (χ1n) is 7.81. The van der Waals surface area contributed by atoms with Crippen LogP contribution in [-0.4, -0.2) is 35.2 Å². The van der Waals surface area contributed by atoms with E-state index < -0.39 is 0 Å². The second-order valence-electron chi connectivity index (χ2n) is 6.29. The molecule has 0 spiro atoms. The Morgan fingerprint density at radius 1 is 1.20 bits per heavy atom. The molecule has 3 nitrogen and oxygen atoms in total. The van der Waals surface area contributed by atoms with Crippen LogP contribution in [0.3, 0.4) is 0 Å². The number of hydrogen-bond acceptors (Lipinski definition) is 3. The van der Waals surface area contributed by atoms with Gasteiger partial charge >= 0.3 is 0 Å². The molecule has 20 heavy (non-hydrogen) atoms. The van der Waals surface area contributed by atoms with Crippen LogP contribution in [0.25, 0.3) is 0 Å². The maximum atomic E-state index is 9.30. The molecule has 0 radical (unpaired) electrons. The lowest BCUT2D eigenvalue weighted by Gasteiger charge is -2.37. The standard InChI is InChI=1S/C17H28N2O/c1-13(3-4-14-5-11-17(20)12-6-14)19(2)16-9-7-15(18)8-10-16/h5-6,11-13,15-16,20H,3-4,7-10,18H2,1-2H3. The van der Waals surface area contributed by atoms with Gasteiger partial charge in [-0.25, -0.2) is 0 Å². The van der Waals surface area contributed by atoms with Gasteiger partial charge in [-0.15, -0.1) is 0 Å². The smallest absolute Gasteiger partial charge is 0.115 e. The van der Waals surface area contributed by atoms with Crippen molar-refractivity contribution in [2.75, 3.05) is 7.05 Å². The maximum Gasteiger partial charge on any atom is 0.115 e. The average molecular weight is 276 g/mol. The highest BCUT2D eigenvalue weighted by molar-refractivity contribution is 5.25. The van der Waals surface area contributed by atoms with Crippen molar-refractivity contribution in [3.8, 4) is 5.75 Å². The highest BCUT2D eigenvalue weighted by Crippen LogP contribution is 2.24. The molecule has 0 amide bonds. The SMILES string of the molecule is CC(CCc1ccc(O)cc1)N(C)C1CCC(N)CC1. The van der Waals surface area contributed by atoms with Gasteiger partial charge in [0, 0.05) is 18.1 Å². The van der Waals surface area contributed by atoms with E-state index >= 15 is 0 Å². The lowest BCUT2D eigenvalue weighted by Crippen LogP contribution is -2.43. The van der Waals surface area contributed by atoms with Crippen LogP contribution in [0.2, 0.25) is 0 Å². The fourth-order valence-corrected chi connectivity index (χ4v) is 3.11. The summed E-state index contributed by atoms with van der Waals surface area (Å²) in [4.78, 5) is 2.53. The first kappa shape index (κ1) is 15.3. The Labute approximate surface area is 122 Å². The molecule has 0 saturated heterocycles. The molecule has 112 valence electrons. The number of nitrogens with zero attached hydrogens (tertiary/aromatic N) is 1. The minimum Gasteiger partial charge on any atom is -0.508 e. The predicted octanol–water partition coefficient (Wildman–Crippen LogP) is 2.92. The van der Waals surface area contributed by atoms with Crippen LogP contribution in [0.4, 0.5) is 0 Å². The van der Waals surface area contributed by atoms with Crippen LogP contribution >= 0.6 is 0 Å². The summed E-state index contributed by atoms with van der Waals surface area (Å²) in [5.74, 6) is 0.345. The Morgan fingerprint density at radius 2 is 1.80 bits per heavy atom. The molecule has 1 aliphatic rings. The molecule has 1 aromatic rings. The summed E-state index contributed by atoms with van der Waals surface area (Å²) in [5.41, 5.74) is 7.28. The number of benzene rings is 1. The number of phenols is 1.